The molecule has 0 unspecified atom stereocenters. The predicted octanol–water partition coefficient (Wildman–Crippen LogP) is -0.498. The van der Waals surface area contributed by atoms with Crippen LogP contribution in [0.2, 0.25) is 0 Å². The topological polar surface area (TPSA) is 485 Å². The fourth-order valence-electron chi connectivity index (χ4n) is 11.0. The molecule has 3 aromatic carbocycles. The number of alkyl carbamates (subject to hydrolysis) is 1. The highest BCUT2D eigenvalue weighted by atomic mass is 32.2. The number of β-amino-alcohol motifs (C(OH)–C–C–N with tert-alkyl or cyclic N) is 1. The molecule has 0 aliphatic carbocycles. The number of amides is 8. The number of aliphatic hydroxyl groups excluding tert-OH is 6. The van der Waals surface area contributed by atoms with Gasteiger partial charge in [-0.2, -0.15) is 0 Å². The minimum Gasteiger partial charge on any atom is -0.504 e. The Labute approximate surface area is 570 Å². The number of phenolic OH excluding ortho intramolecular Hbond substituents is 1. The van der Waals surface area contributed by atoms with Crippen molar-refractivity contribution in [1.82, 2.24) is 51.9 Å². The largest absolute Gasteiger partial charge is 0.504 e. The summed E-state index contributed by atoms with van der Waals surface area (Å²) in [7, 11) is 1.69. The third-order valence-corrected chi connectivity index (χ3v) is 17.6. The molecule has 1 aromatic heterocycles. The number of aromatic hydroxyl groups is 1. The molecule has 14 N–H and O–H groups in total. The van der Waals surface area contributed by atoms with E-state index in [-0.39, 0.29) is 29.2 Å². The van der Waals surface area contributed by atoms with Crippen molar-refractivity contribution in [3.8, 4) is 38.4 Å². The van der Waals surface area contributed by atoms with Gasteiger partial charge in [0.15, 0.2) is 11.5 Å². The number of nitrogens with zero attached hydrogens (tertiary/aromatic N) is 4. The first-order chi connectivity index (χ1) is 46.9. The molecule has 536 valence electrons. The van der Waals surface area contributed by atoms with E-state index >= 15 is 4.79 Å². The number of nitrogens with one attached hydrogen (secondary N) is 6. The van der Waals surface area contributed by atoms with Crippen LogP contribution in [0.3, 0.4) is 0 Å². The standard InChI is InChI=1S/C62H82N10O24S2/c1-32-29-72-51(52(32)80)57(85)64-28-39(75)26-42(65-53(81)36-11-13-37(14-12-36)58-69-70-59(97-58)38-15-17-41(18-16-38)91-23-9-7-5-6-8-22-90-4)54(82)66-48(33(2)73)60(86)71-30-40(76)27-43(71)55(83)67-49(46(79)24-35-10-19-44(77)47(25-35)94-98-96-95-89)56(84)68-50(61(72)87)45(78)20-21-63-62(88)93-31-92-34(3)74/h10-19,25,32-33,39-40,42-43,45-46,48-52,73,75-80,89H,5-9,20-24,26-31H2,1-4H3,(H,63,88)(H,64,85)(H,65,81)(H,66,82)(H,67,83)(H,68,84)/t32-,33-,39-,40-,42+,43+,45-,46-,48+,49+,50+,51+,52+/m1/s1. The van der Waals surface area contributed by atoms with Gasteiger partial charge in [0.05, 0.1) is 43.2 Å². The predicted molar refractivity (Wildman–Crippen MR) is 343 cm³/mol. The second kappa shape index (κ2) is 37.5. The Bertz CT molecular complexity index is 3350. The zero-order valence-corrected chi connectivity index (χ0v) is 55.5. The first-order valence-electron chi connectivity index (χ1n) is 31.4. The van der Waals surface area contributed by atoms with E-state index in [0.717, 1.165) is 80.1 Å². The number of hydrogen-bond acceptors (Lipinski definition) is 28. The van der Waals surface area contributed by atoms with E-state index in [1.807, 2.05) is 24.3 Å². The zero-order valence-electron chi connectivity index (χ0n) is 53.9. The molecule has 34 nitrogen and oxygen atoms in total. The number of carbonyl (C=O) groups is 9. The number of methoxy groups -OCH3 is 1. The molecule has 98 heavy (non-hydrogen) atoms. The Hall–Kier alpha value is -8.40. The van der Waals surface area contributed by atoms with E-state index in [1.54, 1.807) is 19.2 Å². The van der Waals surface area contributed by atoms with Crippen LogP contribution in [0.25, 0.3) is 21.1 Å². The molecule has 7 rings (SSSR count). The van der Waals surface area contributed by atoms with Crippen molar-refractivity contribution < 1.29 is 117 Å². The van der Waals surface area contributed by atoms with Crippen LogP contribution in [0.1, 0.15) is 88.1 Å². The monoisotopic (exact) mass is 1410 g/mol. The summed E-state index contributed by atoms with van der Waals surface area (Å²) in [4.78, 5) is 128. The van der Waals surface area contributed by atoms with Gasteiger partial charge >= 0.3 is 12.1 Å². The number of esters is 1. The Morgan fingerprint density at radius 2 is 1.39 bits per heavy atom. The smallest absolute Gasteiger partial charge is 0.410 e. The fourth-order valence-corrected chi connectivity index (χ4v) is 12.1. The molecule has 8 amide bonds. The fraction of sp³-hybridized carbons (Fsp3) is 0.532. The van der Waals surface area contributed by atoms with Crippen molar-refractivity contribution >= 4 is 77.1 Å². The van der Waals surface area contributed by atoms with Crippen molar-refractivity contribution in [2.45, 2.75) is 151 Å². The average Bonchev–Trinajstić information content (AvgIpc) is 1.60. The first kappa shape index (κ1) is 77.0. The quantitative estimate of drug-likeness (QED) is 0.00894. The third-order valence-electron chi connectivity index (χ3n) is 16.2. The van der Waals surface area contributed by atoms with E-state index in [4.69, 9.17) is 23.7 Å². The molecule has 3 aliphatic rings. The van der Waals surface area contributed by atoms with Gasteiger partial charge in [-0.05, 0) is 80.3 Å². The number of carbonyl (C=O) groups excluding carboxylic acids is 9. The highest BCUT2D eigenvalue weighted by molar-refractivity contribution is 7.90. The van der Waals surface area contributed by atoms with E-state index < -0.39 is 197 Å². The molecule has 0 bridgehead atoms. The molecular formula is C62H82N10O24S2. The molecule has 3 aliphatic heterocycles. The Kier molecular flexibility index (Phi) is 29.5. The number of fused-ring (bicyclic) bond motifs is 2. The van der Waals surface area contributed by atoms with Crippen LogP contribution in [0.5, 0.6) is 17.2 Å². The van der Waals surface area contributed by atoms with Gasteiger partial charge < -0.3 is 101 Å². The van der Waals surface area contributed by atoms with Crippen LogP contribution in [-0.4, -0.2) is 241 Å². The van der Waals surface area contributed by atoms with Gasteiger partial charge in [0.1, 0.15) is 52.0 Å². The van der Waals surface area contributed by atoms with E-state index in [9.17, 15) is 74.1 Å². The maximum atomic E-state index is 15.0. The molecule has 0 saturated carbocycles. The minimum absolute atomic E-state index is 0.00840. The van der Waals surface area contributed by atoms with Crippen LogP contribution in [0.15, 0.2) is 66.7 Å². The van der Waals surface area contributed by atoms with Crippen molar-refractivity contribution in [2.75, 3.05) is 53.3 Å². The summed E-state index contributed by atoms with van der Waals surface area (Å²) in [5.74, 6) is -10.1. The summed E-state index contributed by atoms with van der Waals surface area (Å²) in [5, 5.41) is 116. The molecular weight excluding hydrogens is 1330 g/mol. The average molecular weight is 1420 g/mol. The number of aliphatic hydroxyl groups is 6. The van der Waals surface area contributed by atoms with Gasteiger partial charge in [0.2, 0.25) is 42.2 Å². The van der Waals surface area contributed by atoms with Crippen molar-refractivity contribution in [3.05, 3.63) is 77.9 Å². The molecule has 36 heteroatoms. The highest BCUT2D eigenvalue weighted by Gasteiger charge is 2.50. The van der Waals surface area contributed by atoms with E-state index in [2.05, 4.69) is 56.2 Å². The van der Waals surface area contributed by atoms with Gasteiger partial charge in [0, 0.05) is 88.7 Å². The minimum atomic E-state index is -2.22. The number of ether oxygens (including phenoxy) is 4. The number of phenols is 1. The third kappa shape index (κ3) is 21.8. The lowest BCUT2D eigenvalue weighted by molar-refractivity contribution is -0.433. The SMILES string of the molecule is COCCCCCCCOc1ccc(-c2nnc(-c3ccc(C(=O)N[C@H]4C[C@@H](O)CNC(=O)[C@@H]5[C@@H](O)[C@H](C)CN5C(=O)[C@H]([C@H](O)CCNC(=O)OCOC(C)=O)NC(=O)[C@H]([C@H](O)Cc5ccc(O)c(OSOOO)c5)NC(=O)[C@@H]5C[C@@H](O)CN5C(=O)[C@H]([C@@H](C)O)NC4=O)cc3)s2)cc1. The summed E-state index contributed by atoms with van der Waals surface area (Å²) >= 11 is 1.33. The maximum Gasteiger partial charge on any atom is 0.410 e. The van der Waals surface area contributed by atoms with Crippen LogP contribution in [0.4, 0.5) is 4.79 Å². The van der Waals surface area contributed by atoms with Gasteiger partial charge in [-0.15, -0.1) is 10.2 Å². The normalized spacial score (nSPS) is 23.7. The lowest BCUT2D eigenvalue weighted by atomic mass is 9.98. The molecule has 3 fully saturated rings. The second-order valence-electron chi connectivity index (χ2n) is 23.6. The number of hydrogen-bond donors (Lipinski definition) is 14. The van der Waals surface area contributed by atoms with Crippen LogP contribution < -0.4 is 40.8 Å². The van der Waals surface area contributed by atoms with Gasteiger partial charge in [-0.1, -0.05) is 65.1 Å². The summed E-state index contributed by atoms with van der Waals surface area (Å²) in [6.45, 7) is 1.88. The number of rotatable bonds is 27. The van der Waals surface area contributed by atoms with Gasteiger partial charge in [0.25, 0.3) is 18.2 Å². The van der Waals surface area contributed by atoms with Crippen molar-refractivity contribution in [1.29, 1.82) is 0 Å². The summed E-state index contributed by atoms with van der Waals surface area (Å²) in [6, 6.07) is 5.20. The lowest BCUT2D eigenvalue weighted by Crippen LogP contribution is -2.64. The van der Waals surface area contributed by atoms with Crippen LogP contribution in [-0.2, 0) is 63.6 Å². The maximum absolute atomic E-state index is 15.0. The second-order valence-corrected chi connectivity index (χ2v) is 25.0. The van der Waals surface area contributed by atoms with E-state index in [1.165, 1.54) is 36.5 Å². The van der Waals surface area contributed by atoms with Crippen molar-refractivity contribution in [2.24, 2.45) is 5.92 Å². The van der Waals surface area contributed by atoms with Crippen molar-refractivity contribution in [3.63, 3.8) is 0 Å². The highest BCUT2D eigenvalue weighted by Crippen LogP contribution is 2.33. The van der Waals surface area contributed by atoms with E-state index in [0.29, 0.717) is 27.9 Å². The molecule has 0 spiro atoms. The number of benzene rings is 3. The number of aromatic nitrogens is 2. The lowest BCUT2D eigenvalue weighted by Gasteiger charge is -2.34. The van der Waals surface area contributed by atoms with Crippen LogP contribution >= 0.6 is 23.7 Å². The number of unbranched alkanes of at least 4 members (excludes halogenated alkanes) is 4. The summed E-state index contributed by atoms with van der Waals surface area (Å²) in [6.07, 6.45) is -9.24. The first-order valence-corrected chi connectivity index (χ1v) is 32.9. The molecule has 0 radical (unpaired) electrons. The Balaban J connectivity index is 1.16. The Morgan fingerprint density at radius 1 is 0.745 bits per heavy atom. The molecule has 4 heterocycles. The summed E-state index contributed by atoms with van der Waals surface area (Å²) < 4.78 is 29.7. The molecule has 3 saturated heterocycles. The van der Waals surface area contributed by atoms with Crippen LogP contribution in [0, 0.1) is 5.92 Å². The molecule has 4 aromatic rings. The van der Waals surface area contributed by atoms with Gasteiger partial charge in [-0.25, -0.2) is 10.1 Å². The molecule has 13 atom stereocenters. The Morgan fingerprint density at radius 3 is 2.05 bits per heavy atom. The zero-order chi connectivity index (χ0) is 71.2. The van der Waals surface area contributed by atoms with Gasteiger partial charge in [-0.3, -0.25) is 38.4 Å². The summed E-state index contributed by atoms with van der Waals surface area (Å²) in [5.41, 5.74) is 1.42.